The highest BCUT2D eigenvalue weighted by molar-refractivity contribution is 7.99. The number of carbonyl (C=O) groups is 1. The van der Waals surface area contributed by atoms with Crippen molar-refractivity contribution in [2.75, 3.05) is 5.75 Å². The smallest absolute Gasteiger partial charge is 0.252 e. The first kappa shape index (κ1) is 24.9. The highest BCUT2D eigenvalue weighted by atomic mass is 32.2. The Bertz CT molecular complexity index is 1000. The van der Waals surface area contributed by atoms with Crippen molar-refractivity contribution in [1.29, 1.82) is 0 Å². The fourth-order valence-electron chi connectivity index (χ4n) is 4.87. The van der Waals surface area contributed by atoms with Crippen molar-refractivity contribution >= 4 is 28.6 Å². The molecule has 0 saturated heterocycles. The minimum absolute atomic E-state index is 0.0253. The van der Waals surface area contributed by atoms with E-state index in [4.69, 9.17) is 4.98 Å². The van der Waals surface area contributed by atoms with Gasteiger partial charge in [-0.3, -0.25) is 14.2 Å². The zero-order chi connectivity index (χ0) is 23.3. The monoisotopic (exact) mass is 457 g/mol. The molecular formula is C26H39N3O2S. The zero-order valence-corrected chi connectivity index (χ0v) is 21.3. The van der Waals surface area contributed by atoms with Crippen LogP contribution < -0.4 is 5.56 Å². The molecule has 0 N–H and O–H groups in total. The Morgan fingerprint density at radius 1 is 1.09 bits per heavy atom. The lowest BCUT2D eigenvalue weighted by Crippen LogP contribution is -2.39. The van der Waals surface area contributed by atoms with Gasteiger partial charge in [0.25, 0.3) is 5.56 Å². The van der Waals surface area contributed by atoms with Crippen LogP contribution >= 0.6 is 11.8 Å². The van der Waals surface area contributed by atoms with Gasteiger partial charge in [-0.25, -0.2) is 9.97 Å². The summed E-state index contributed by atoms with van der Waals surface area (Å²) in [7, 11) is 0. The fourth-order valence-corrected chi connectivity index (χ4v) is 5.71. The largest absolute Gasteiger partial charge is 0.293 e. The van der Waals surface area contributed by atoms with Gasteiger partial charge in [0.1, 0.15) is 11.3 Å². The van der Waals surface area contributed by atoms with E-state index >= 15 is 0 Å². The number of Topliss-reactive ketones (excluding diaryl/α,β-unsaturated/α-hetero) is 1. The Labute approximate surface area is 196 Å². The molecule has 3 rings (SSSR count). The highest BCUT2D eigenvalue weighted by Gasteiger charge is 2.38. The first-order valence-electron chi connectivity index (χ1n) is 12.3. The number of ketones is 1. The third-order valence-electron chi connectivity index (χ3n) is 6.57. The summed E-state index contributed by atoms with van der Waals surface area (Å²) < 4.78 is 1.82. The Morgan fingerprint density at radius 3 is 2.31 bits per heavy atom. The molecule has 0 radical (unpaired) electrons. The molecule has 6 heteroatoms. The summed E-state index contributed by atoms with van der Waals surface area (Å²) in [5.41, 5.74) is 2.08. The van der Waals surface area contributed by atoms with Crippen molar-refractivity contribution in [2.45, 2.75) is 110 Å². The van der Waals surface area contributed by atoms with Crippen LogP contribution in [0.2, 0.25) is 0 Å². The number of nitrogens with zero attached hydrogens (tertiary/aromatic N) is 3. The number of pyridine rings is 1. The lowest BCUT2D eigenvalue weighted by molar-refractivity contribution is 0.101. The first-order chi connectivity index (χ1) is 15.2. The van der Waals surface area contributed by atoms with Crippen LogP contribution in [-0.4, -0.2) is 26.1 Å². The van der Waals surface area contributed by atoms with Crippen LogP contribution in [0.15, 0.2) is 16.0 Å². The molecule has 1 fully saturated rings. The van der Waals surface area contributed by atoms with Crippen LogP contribution in [-0.2, 0) is 0 Å². The fraction of sp³-hybridized carbons (Fsp3) is 0.692. The van der Waals surface area contributed by atoms with Crippen LogP contribution in [0.25, 0.3) is 11.0 Å². The molecule has 32 heavy (non-hydrogen) atoms. The number of thioether (sulfide) groups is 1. The quantitative estimate of drug-likeness (QED) is 0.150. The Balaban J connectivity index is 1.76. The topological polar surface area (TPSA) is 64.8 Å². The number of aromatic nitrogens is 3. The highest BCUT2D eigenvalue weighted by Crippen LogP contribution is 2.48. The zero-order valence-electron chi connectivity index (χ0n) is 20.5. The van der Waals surface area contributed by atoms with Crippen molar-refractivity contribution in [3.05, 3.63) is 27.7 Å². The third-order valence-corrected chi connectivity index (χ3v) is 7.51. The van der Waals surface area contributed by atoms with E-state index in [9.17, 15) is 9.59 Å². The van der Waals surface area contributed by atoms with Crippen molar-refractivity contribution in [3.63, 3.8) is 0 Å². The van der Waals surface area contributed by atoms with Gasteiger partial charge in [-0.05, 0) is 37.2 Å². The first-order valence-corrected chi connectivity index (χ1v) is 13.3. The molecule has 176 valence electrons. The number of carbonyl (C=O) groups excluding carboxylic acids is 1. The Morgan fingerprint density at radius 2 is 1.72 bits per heavy atom. The average molecular weight is 458 g/mol. The van der Waals surface area contributed by atoms with Crippen molar-refractivity contribution in [2.24, 2.45) is 5.41 Å². The van der Waals surface area contributed by atoms with Gasteiger partial charge in [0.2, 0.25) is 0 Å². The predicted octanol–water partition coefficient (Wildman–Crippen LogP) is 6.90. The number of aryl methyl sites for hydroxylation is 1. The summed E-state index contributed by atoms with van der Waals surface area (Å²) in [6, 6.07) is 1.78. The number of hydrogen-bond acceptors (Lipinski definition) is 5. The van der Waals surface area contributed by atoms with Gasteiger partial charge in [-0.1, -0.05) is 77.5 Å². The maximum atomic E-state index is 12.9. The number of fused-ring (bicyclic) bond motifs is 1. The van der Waals surface area contributed by atoms with Gasteiger partial charge in [0.05, 0.1) is 5.39 Å². The second kappa shape index (κ2) is 11.0. The molecule has 2 aromatic rings. The molecule has 5 nitrogen and oxygen atoms in total. The molecular weight excluding hydrogens is 418 g/mol. The lowest BCUT2D eigenvalue weighted by atomic mass is 9.68. The van der Waals surface area contributed by atoms with Gasteiger partial charge in [0.15, 0.2) is 10.9 Å². The van der Waals surface area contributed by atoms with E-state index in [2.05, 4.69) is 25.8 Å². The van der Waals surface area contributed by atoms with Crippen molar-refractivity contribution in [3.8, 4) is 0 Å². The molecule has 1 saturated carbocycles. The standard InChI is InChI=1S/C26H39N3O2S/c1-6-7-8-9-10-11-12-13-14-32-25-27-23(19(3)30)22-18(2)15-21(31)29(24(22)28-25)20-16-26(4,5)17-20/h15,20H,6-14,16-17H2,1-5H3. The van der Waals surface area contributed by atoms with Crippen LogP contribution in [0.1, 0.15) is 114 Å². The number of rotatable bonds is 12. The summed E-state index contributed by atoms with van der Waals surface area (Å²) in [6.07, 6.45) is 12.1. The maximum Gasteiger partial charge on any atom is 0.252 e. The van der Waals surface area contributed by atoms with Crippen molar-refractivity contribution < 1.29 is 4.79 Å². The lowest BCUT2D eigenvalue weighted by Gasteiger charge is -2.43. The molecule has 1 aliphatic rings. The molecule has 0 aromatic carbocycles. The number of unbranched alkanes of at least 4 members (excludes halogenated alkanes) is 7. The van der Waals surface area contributed by atoms with E-state index in [0.29, 0.717) is 16.5 Å². The summed E-state index contributed by atoms with van der Waals surface area (Å²) in [4.78, 5) is 34.8. The molecule has 0 amide bonds. The molecule has 0 spiro atoms. The van der Waals surface area contributed by atoms with E-state index in [1.807, 2.05) is 11.5 Å². The van der Waals surface area contributed by atoms with Gasteiger partial charge in [0, 0.05) is 24.8 Å². The second-order valence-electron chi connectivity index (χ2n) is 10.2. The summed E-state index contributed by atoms with van der Waals surface area (Å²) >= 11 is 1.61. The molecule has 2 heterocycles. The van der Waals surface area contributed by atoms with E-state index in [0.717, 1.165) is 36.0 Å². The van der Waals surface area contributed by atoms with Crippen molar-refractivity contribution in [1.82, 2.24) is 14.5 Å². The molecule has 0 unspecified atom stereocenters. The van der Waals surface area contributed by atoms with Crippen LogP contribution in [0, 0.1) is 12.3 Å². The molecule has 0 bridgehead atoms. The molecule has 0 atom stereocenters. The SMILES string of the molecule is CCCCCCCCCCSc1nc(C(C)=O)c2c(C)cc(=O)n(C3CC(C)(C)C3)c2n1. The Kier molecular flexibility index (Phi) is 8.54. The second-order valence-corrected chi connectivity index (χ2v) is 11.3. The van der Waals surface area contributed by atoms with Crippen LogP contribution in [0.3, 0.4) is 0 Å². The van der Waals surface area contributed by atoms with E-state index in [1.54, 1.807) is 24.8 Å². The summed E-state index contributed by atoms with van der Waals surface area (Å²) in [6.45, 7) is 10.1. The van der Waals surface area contributed by atoms with Gasteiger partial charge >= 0.3 is 0 Å². The van der Waals surface area contributed by atoms with Gasteiger partial charge in [-0.15, -0.1) is 0 Å². The predicted molar refractivity (Wildman–Crippen MR) is 134 cm³/mol. The minimum Gasteiger partial charge on any atom is -0.293 e. The normalized spacial score (nSPS) is 15.8. The number of hydrogen-bond donors (Lipinski definition) is 0. The summed E-state index contributed by atoms with van der Waals surface area (Å²) in [5, 5.41) is 1.35. The Hall–Kier alpha value is -1.69. The van der Waals surface area contributed by atoms with Gasteiger partial charge < -0.3 is 0 Å². The summed E-state index contributed by atoms with van der Waals surface area (Å²) in [5.74, 6) is 0.859. The van der Waals surface area contributed by atoms with E-state index in [1.165, 1.54) is 44.9 Å². The van der Waals surface area contributed by atoms with Crippen LogP contribution in [0.5, 0.6) is 0 Å². The van der Waals surface area contributed by atoms with Gasteiger partial charge in [-0.2, -0.15) is 0 Å². The molecule has 1 aliphatic carbocycles. The third kappa shape index (κ3) is 6.00. The molecule has 2 aromatic heterocycles. The maximum absolute atomic E-state index is 12.9. The van der Waals surface area contributed by atoms with E-state index < -0.39 is 0 Å². The molecule has 0 aliphatic heterocycles. The minimum atomic E-state index is -0.0754. The van der Waals surface area contributed by atoms with Crippen LogP contribution in [0.4, 0.5) is 0 Å². The average Bonchev–Trinajstić information content (AvgIpc) is 2.70. The van der Waals surface area contributed by atoms with E-state index in [-0.39, 0.29) is 22.8 Å².